The van der Waals surface area contributed by atoms with Gasteiger partial charge in [0.15, 0.2) is 11.5 Å². The van der Waals surface area contributed by atoms with Gasteiger partial charge in [0.2, 0.25) is 0 Å². The number of carbonyl (C=O) groups is 1. The molecule has 6 heteroatoms. The van der Waals surface area contributed by atoms with E-state index in [0.29, 0.717) is 23.7 Å². The summed E-state index contributed by atoms with van der Waals surface area (Å²) in [5.41, 5.74) is 3.79. The number of hydrogen-bond acceptors (Lipinski definition) is 5. The van der Waals surface area contributed by atoms with E-state index in [1.165, 1.54) is 7.11 Å². The number of ether oxygens (including phenoxy) is 3. The molecule has 0 saturated carbocycles. The second-order valence-electron chi connectivity index (χ2n) is 5.54. The molecular weight excluding hydrogens is 332 g/mol. The predicted molar refractivity (Wildman–Crippen MR) is 101 cm³/mol. The van der Waals surface area contributed by atoms with Crippen LogP contribution in [0.4, 0.5) is 0 Å². The number of nitrogens with one attached hydrogen (secondary N) is 1. The molecule has 1 N–H and O–H groups in total. The first kappa shape index (κ1) is 19.3. The Morgan fingerprint density at radius 1 is 1.08 bits per heavy atom. The van der Waals surface area contributed by atoms with Gasteiger partial charge in [0.25, 0.3) is 5.91 Å². The lowest BCUT2D eigenvalue weighted by atomic mass is 10.2. The van der Waals surface area contributed by atoms with Crippen molar-refractivity contribution in [2.75, 3.05) is 20.8 Å². The van der Waals surface area contributed by atoms with E-state index >= 15 is 0 Å². The molecule has 138 valence electrons. The molecule has 0 spiro atoms. The number of unbranched alkanes of at least 4 members (excludes halogenated alkanes) is 1. The van der Waals surface area contributed by atoms with Crippen LogP contribution in [0.15, 0.2) is 47.6 Å². The molecule has 2 aromatic rings. The topological polar surface area (TPSA) is 69.2 Å². The highest BCUT2D eigenvalue weighted by Crippen LogP contribution is 2.27. The lowest BCUT2D eigenvalue weighted by Gasteiger charge is -2.08. The molecule has 0 heterocycles. The fraction of sp³-hybridized carbons (Fsp3) is 0.300. The Balaban J connectivity index is 1.92. The lowest BCUT2D eigenvalue weighted by molar-refractivity contribution is 0.0954. The number of hydrazone groups is 1. The Kier molecular flexibility index (Phi) is 7.49. The highest BCUT2D eigenvalue weighted by atomic mass is 16.5. The summed E-state index contributed by atoms with van der Waals surface area (Å²) in [5.74, 6) is 1.54. The molecule has 1 amide bonds. The fourth-order valence-electron chi connectivity index (χ4n) is 2.19. The molecule has 0 atom stereocenters. The van der Waals surface area contributed by atoms with Crippen LogP contribution < -0.4 is 19.6 Å². The maximum atomic E-state index is 12.2. The van der Waals surface area contributed by atoms with Gasteiger partial charge in [-0.1, -0.05) is 13.3 Å². The van der Waals surface area contributed by atoms with Crippen LogP contribution in [0, 0.1) is 0 Å². The van der Waals surface area contributed by atoms with Crippen LogP contribution in [0.2, 0.25) is 0 Å². The van der Waals surface area contributed by atoms with Crippen LogP contribution in [0.3, 0.4) is 0 Å². The zero-order valence-corrected chi connectivity index (χ0v) is 15.3. The van der Waals surface area contributed by atoms with Crippen molar-refractivity contribution in [1.82, 2.24) is 5.43 Å². The first-order valence-electron chi connectivity index (χ1n) is 8.46. The molecule has 2 rings (SSSR count). The van der Waals surface area contributed by atoms with E-state index in [4.69, 9.17) is 14.2 Å². The van der Waals surface area contributed by atoms with Gasteiger partial charge in [-0.3, -0.25) is 4.79 Å². The molecule has 0 aliphatic rings. The monoisotopic (exact) mass is 356 g/mol. The van der Waals surface area contributed by atoms with E-state index in [2.05, 4.69) is 17.5 Å². The van der Waals surface area contributed by atoms with Crippen molar-refractivity contribution in [2.24, 2.45) is 5.10 Å². The van der Waals surface area contributed by atoms with E-state index < -0.39 is 0 Å². The number of amides is 1. The van der Waals surface area contributed by atoms with Crippen molar-refractivity contribution >= 4 is 12.1 Å². The van der Waals surface area contributed by atoms with Gasteiger partial charge >= 0.3 is 0 Å². The Hall–Kier alpha value is -3.02. The number of carbonyl (C=O) groups excluding carboxylic acids is 1. The van der Waals surface area contributed by atoms with Gasteiger partial charge in [-0.15, -0.1) is 0 Å². The minimum absolute atomic E-state index is 0.332. The summed E-state index contributed by atoms with van der Waals surface area (Å²) in [6.07, 6.45) is 3.71. The minimum atomic E-state index is -0.332. The number of nitrogens with zero attached hydrogens (tertiary/aromatic N) is 1. The fourth-order valence-corrected chi connectivity index (χ4v) is 2.19. The van der Waals surface area contributed by atoms with Crippen LogP contribution in [0.5, 0.6) is 17.2 Å². The van der Waals surface area contributed by atoms with Gasteiger partial charge < -0.3 is 14.2 Å². The van der Waals surface area contributed by atoms with E-state index in [0.717, 1.165) is 24.2 Å². The van der Waals surface area contributed by atoms with Crippen molar-refractivity contribution in [3.8, 4) is 17.2 Å². The average Bonchev–Trinajstić information content (AvgIpc) is 2.68. The number of methoxy groups -OCH3 is 2. The highest BCUT2D eigenvalue weighted by Gasteiger charge is 2.09. The van der Waals surface area contributed by atoms with Crippen LogP contribution >= 0.6 is 0 Å². The molecule has 0 fully saturated rings. The standard InChI is InChI=1S/C20H24N2O4/c1-4-5-12-26-17-9-6-15(7-10-17)14-21-22-20(23)16-8-11-18(24-2)19(13-16)25-3/h6-11,13-14H,4-5,12H2,1-3H3,(H,22,23)/b21-14+. The Labute approximate surface area is 153 Å². The summed E-state index contributed by atoms with van der Waals surface area (Å²) < 4.78 is 16.0. The van der Waals surface area contributed by atoms with Gasteiger partial charge in [0, 0.05) is 5.56 Å². The van der Waals surface area contributed by atoms with Crippen molar-refractivity contribution < 1.29 is 19.0 Å². The Bertz CT molecular complexity index is 742. The molecule has 26 heavy (non-hydrogen) atoms. The molecule has 0 unspecified atom stereocenters. The van der Waals surface area contributed by atoms with E-state index in [1.54, 1.807) is 31.5 Å². The predicted octanol–water partition coefficient (Wildman–Crippen LogP) is 3.65. The molecule has 0 aliphatic heterocycles. The quantitative estimate of drug-likeness (QED) is 0.423. The number of rotatable bonds is 9. The second kappa shape index (κ2) is 10.1. The zero-order chi connectivity index (χ0) is 18.8. The molecule has 0 aromatic heterocycles. The largest absolute Gasteiger partial charge is 0.494 e. The summed E-state index contributed by atoms with van der Waals surface area (Å²) in [4.78, 5) is 12.2. The summed E-state index contributed by atoms with van der Waals surface area (Å²) in [5, 5.41) is 3.98. The third-order valence-electron chi connectivity index (χ3n) is 3.67. The van der Waals surface area contributed by atoms with Crippen molar-refractivity contribution in [2.45, 2.75) is 19.8 Å². The molecular formula is C20H24N2O4. The van der Waals surface area contributed by atoms with Crippen molar-refractivity contribution in [3.63, 3.8) is 0 Å². The summed E-state index contributed by atoms with van der Waals surface area (Å²) in [7, 11) is 3.06. The van der Waals surface area contributed by atoms with E-state index in [-0.39, 0.29) is 5.91 Å². The normalized spacial score (nSPS) is 10.6. The molecule has 6 nitrogen and oxygen atoms in total. The van der Waals surface area contributed by atoms with Gasteiger partial charge in [-0.05, 0) is 54.4 Å². The first-order valence-corrected chi connectivity index (χ1v) is 8.46. The Morgan fingerprint density at radius 3 is 2.46 bits per heavy atom. The van der Waals surface area contributed by atoms with Crippen LogP contribution in [0.1, 0.15) is 35.7 Å². The van der Waals surface area contributed by atoms with E-state index in [9.17, 15) is 4.79 Å². The smallest absolute Gasteiger partial charge is 0.271 e. The van der Waals surface area contributed by atoms with Crippen LogP contribution in [-0.4, -0.2) is 32.9 Å². The van der Waals surface area contributed by atoms with E-state index in [1.807, 2.05) is 24.3 Å². The molecule has 0 saturated heterocycles. The van der Waals surface area contributed by atoms with Crippen LogP contribution in [0.25, 0.3) is 0 Å². The minimum Gasteiger partial charge on any atom is -0.494 e. The van der Waals surface area contributed by atoms with Gasteiger partial charge in [-0.25, -0.2) is 5.43 Å². The maximum absolute atomic E-state index is 12.2. The number of benzene rings is 2. The molecule has 0 aliphatic carbocycles. The second-order valence-corrected chi connectivity index (χ2v) is 5.54. The average molecular weight is 356 g/mol. The summed E-state index contributed by atoms with van der Waals surface area (Å²) in [6, 6.07) is 12.5. The first-order chi connectivity index (χ1) is 12.7. The lowest BCUT2D eigenvalue weighted by Crippen LogP contribution is -2.17. The van der Waals surface area contributed by atoms with Gasteiger partial charge in [-0.2, -0.15) is 5.10 Å². The molecule has 0 radical (unpaired) electrons. The zero-order valence-electron chi connectivity index (χ0n) is 15.3. The van der Waals surface area contributed by atoms with Crippen molar-refractivity contribution in [1.29, 1.82) is 0 Å². The molecule has 2 aromatic carbocycles. The Morgan fingerprint density at radius 2 is 1.81 bits per heavy atom. The highest BCUT2D eigenvalue weighted by molar-refractivity contribution is 5.95. The third kappa shape index (κ3) is 5.51. The van der Waals surface area contributed by atoms with Gasteiger partial charge in [0.1, 0.15) is 5.75 Å². The SMILES string of the molecule is CCCCOc1ccc(/C=N/NC(=O)c2ccc(OC)c(OC)c2)cc1. The van der Waals surface area contributed by atoms with Crippen LogP contribution in [-0.2, 0) is 0 Å². The van der Waals surface area contributed by atoms with Gasteiger partial charge in [0.05, 0.1) is 27.0 Å². The summed E-state index contributed by atoms with van der Waals surface area (Å²) >= 11 is 0. The summed E-state index contributed by atoms with van der Waals surface area (Å²) in [6.45, 7) is 2.84. The maximum Gasteiger partial charge on any atom is 0.271 e. The number of hydrogen-bond donors (Lipinski definition) is 1. The third-order valence-corrected chi connectivity index (χ3v) is 3.67. The molecule has 0 bridgehead atoms. The van der Waals surface area contributed by atoms with Crippen molar-refractivity contribution in [3.05, 3.63) is 53.6 Å².